The van der Waals surface area contributed by atoms with Crippen molar-refractivity contribution in [2.75, 3.05) is 0 Å². The minimum absolute atomic E-state index is 0.0926. The Bertz CT molecular complexity index is 753. The normalized spacial score (nSPS) is 15.4. The van der Waals surface area contributed by atoms with Gasteiger partial charge in [-0.05, 0) is 25.8 Å². The van der Waals surface area contributed by atoms with Crippen LogP contribution >= 0.6 is 11.8 Å². The third-order valence-electron chi connectivity index (χ3n) is 3.67. The number of para-hydroxylation sites is 1. The van der Waals surface area contributed by atoms with Crippen molar-refractivity contribution < 1.29 is 4.74 Å². The van der Waals surface area contributed by atoms with Gasteiger partial charge in [-0.25, -0.2) is 4.98 Å². The number of hydrogen-bond acceptors (Lipinski definition) is 4. The van der Waals surface area contributed by atoms with E-state index in [-0.39, 0.29) is 11.2 Å². The van der Waals surface area contributed by atoms with Gasteiger partial charge < -0.3 is 9.72 Å². The molecule has 116 valence electrons. The molecule has 0 atom stereocenters. The predicted octanol–water partition coefficient (Wildman–Crippen LogP) is 3.34. The number of benzene rings is 1. The second kappa shape index (κ2) is 5.80. The number of aromatic amines is 1. The quantitative estimate of drug-likeness (QED) is 0.694. The molecule has 1 aliphatic heterocycles. The molecule has 0 spiro atoms. The van der Waals surface area contributed by atoms with Crippen molar-refractivity contribution in [2.24, 2.45) is 0 Å². The van der Waals surface area contributed by atoms with E-state index >= 15 is 0 Å². The number of nitrogens with one attached hydrogen (secondary N) is 1. The highest BCUT2D eigenvalue weighted by atomic mass is 32.2. The van der Waals surface area contributed by atoms with E-state index in [1.807, 2.05) is 6.92 Å². The van der Waals surface area contributed by atoms with Crippen molar-refractivity contribution in [3.8, 4) is 5.75 Å². The minimum atomic E-state index is -0.141. The number of aryl methyl sites for hydroxylation is 1. The van der Waals surface area contributed by atoms with Crippen LogP contribution in [0.5, 0.6) is 5.75 Å². The smallest absolute Gasteiger partial charge is 0.251 e. The largest absolute Gasteiger partial charge is 0.487 e. The van der Waals surface area contributed by atoms with Crippen LogP contribution in [-0.2, 0) is 18.6 Å². The summed E-state index contributed by atoms with van der Waals surface area (Å²) < 4.78 is 6.08. The Hall–Kier alpha value is -1.75. The molecule has 1 aromatic heterocycles. The monoisotopic (exact) mass is 316 g/mol. The Morgan fingerprint density at radius 1 is 1.41 bits per heavy atom. The van der Waals surface area contributed by atoms with Gasteiger partial charge in [-0.2, -0.15) is 0 Å². The molecule has 1 aromatic carbocycles. The van der Waals surface area contributed by atoms with Crippen molar-refractivity contribution in [3.63, 3.8) is 0 Å². The molecule has 22 heavy (non-hydrogen) atoms. The Morgan fingerprint density at radius 2 is 2.23 bits per heavy atom. The standard InChI is InChI=1S/C17H20N2O2S/c1-4-13-8-14(20)19-16(18-13)22-10-12-7-5-6-11-9-17(2,3)21-15(11)12/h5-8H,4,9-10H2,1-3H3,(H,18,19,20). The molecule has 0 aliphatic carbocycles. The van der Waals surface area contributed by atoms with E-state index in [1.165, 1.54) is 17.3 Å². The molecular weight excluding hydrogens is 296 g/mol. The Labute approximate surface area is 134 Å². The van der Waals surface area contributed by atoms with Gasteiger partial charge in [0.25, 0.3) is 5.56 Å². The lowest BCUT2D eigenvalue weighted by Gasteiger charge is -2.18. The summed E-state index contributed by atoms with van der Waals surface area (Å²) in [5.41, 5.74) is 2.99. The third-order valence-corrected chi connectivity index (χ3v) is 4.59. The topological polar surface area (TPSA) is 55.0 Å². The van der Waals surface area contributed by atoms with Crippen LogP contribution in [0.1, 0.15) is 37.6 Å². The van der Waals surface area contributed by atoms with Crippen molar-refractivity contribution in [3.05, 3.63) is 51.4 Å². The van der Waals surface area contributed by atoms with Crippen LogP contribution in [0, 0.1) is 0 Å². The van der Waals surface area contributed by atoms with Gasteiger partial charge in [-0.3, -0.25) is 4.79 Å². The SMILES string of the molecule is CCc1cc(=O)[nH]c(SCc2cccc3c2OC(C)(C)C3)n1. The van der Waals surface area contributed by atoms with Crippen LogP contribution in [0.4, 0.5) is 0 Å². The van der Waals surface area contributed by atoms with E-state index in [0.717, 1.165) is 35.6 Å². The van der Waals surface area contributed by atoms with Gasteiger partial charge >= 0.3 is 0 Å². The molecule has 0 amide bonds. The number of hydrogen-bond donors (Lipinski definition) is 1. The van der Waals surface area contributed by atoms with Gasteiger partial charge in [0, 0.05) is 29.5 Å². The molecule has 4 nitrogen and oxygen atoms in total. The molecule has 0 radical (unpaired) electrons. The molecule has 1 aliphatic rings. The fourth-order valence-corrected chi connectivity index (χ4v) is 3.55. The fourth-order valence-electron chi connectivity index (χ4n) is 2.67. The molecule has 3 rings (SSSR count). The van der Waals surface area contributed by atoms with E-state index in [2.05, 4.69) is 42.0 Å². The van der Waals surface area contributed by atoms with E-state index in [1.54, 1.807) is 6.07 Å². The molecule has 0 saturated carbocycles. The van der Waals surface area contributed by atoms with Gasteiger partial charge in [0.05, 0.1) is 0 Å². The summed E-state index contributed by atoms with van der Waals surface area (Å²) in [5, 5.41) is 0.666. The molecule has 0 unspecified atom stereocenters. The zero-order valence-electron chi connectivity index (χ0n) is 13.1. The first-order chi connectivity index (χ1) is 10.5. The van der Waals surface area contributed by atoms with Crippen molar-refractivity contribution in [1.29, 1.82) is 0 Å². The maximum absolute atomic E-state index is 11.6. The summed E-state index contributed by atoms with van der Waals surface area (Å²) in [6.07, 6.45) is 1.69. The highest BCUT2D eigenvalue weighted by Gasteiger charge is 2.31. The molecular formula is C17H20N2O2S. The van der Waals surface area contributed by atoms with Gasteiger partial charge in [-0.1, -0.05) is 36.9 Å². The summed E-state index contributed by atoms with van der Waals surface area (Å²) in [6.45, 7) is 6.21. The first-order valence-corrected chi connectivity index (χ1v) is 8.48. The second-order valence-electron chi connectivity index (χ2n) is 6.13. The van der Waals surface area contributed by atoms with Gasteiger partial charge in [0.1, 0.15) is 11.4 Å². The molecule has 0 fully saturated rings. The molecule has 1 N–H and O–H groups in total. The van der Waals surface area contributed by atoms with Crippen LogP contribution in [0.2, 0.25) is 0 Å². The average Bonchev–Trinajstić information content (AvgIpc) is 2.78. The van der Waals surface area contributed by atoms with Crippen molar-refractivity contribution in [1.82, 2.24) is 9.97 Å². The second-order valence-corrected chi connectivity index (χ2v) is 7.09. The third kappa shape index (κ3) is 3.19. The van der Waals surface area contributed by atoms with Gasteiger partial charge in [-0.15, -0.1) is 0 Å². The predicted molar refractivity (Wildman–Crippen MR) is 88.6 cm³/mol. The van der Waals surface area contributed by atoms with Crippen molar-refractivity contribution >= 4 is 11.8 Å². The first kappa shape index (κ1) is 15.2. The number of ether oxygens (including phenoxy) is 1. The summed E-state index contributed by atoms with van der Waals surface area (Å²) in [7, 11) is 0. The lowest BCUT2D eigenvalue weighted by atomic mass is 10.0. The maximum atomic E-state index is 11.6. The summed E-state index contributed by atoms with van der Waals surface area (Å²) in [6, 6.07) is 7.82. The minimum Gasteiger partial charge on any atom is -0.487 e. The first-order valence-electron chi connectivity index (χ1n) is 7.50. The van der Waals surface area contributed by atoms with E-state index < -0.39 is 0 Å². The van der Waals surface area contributed by atoms with Crippen LogP contribution in [0.3, 0.4) is 0 Å². The van der Waals surface area contributed by atoms with Crippen LogP contribution < -0.4 is 10.3 Å². The number of H-pyrrole nitrogens is 1. The summed E-state index contributed by atoms with van der Waals surface area (Å²) in [5.74, 6) is 1.73. The number of aromatic nitrogens is 2. The highest BCUT2D eigenvalue weighted by molar-refractivity contribution is 7.98. The Kier molecular flexibility index (Phi) is 4.00. The van der Waals surface area contributed by atoms with Crippen LogP contribution in [-0.4, -0.2) is 15.6 Å². The maximum Gasteiger partial charge on any atom is 0.251 e. The summed E-state index contributed by atoms with van der Waals surface area (Å²) >= 11 is 1.54. The molecule has 2 aromatic rings. The van der Waals surface area contributed by atoms with E-state index in [0.29, 0.717) is 5.16 Å². The molecule has 0 saturated heterocycles. The average molecular weight is 316 g/mol. The highest BCUT2D eigenvalue weighted by Crippen LogP contribution is 2.39. The van der Waals surface area contributed by atoms with Gasteiger partial charge in [0.15, 0.2) is 5.16 Å². The zero-order valence-corrected chi connectivity index (χ0v) is 13.9. The Morgan fingerprint density at radius 3 is 3.00 bits per heavy atom. The number of thioether (sulfide) groups is 1. The lowest BCUT2D eigenvalue weighted by Crippen LogP contribution is -2.24. The molecule has 0 bridgehead atoms. The van der Waals surface area contributed by atoms with Crippen molar-refractivity contribution in [2.45, 2.75) is 50.1 Å². The summed E-state index contributed by atoms with van der Waals surface area (Å²) in [4.78, 5) is 18.9. The number of fused-ring (bicyclic) bond motifs is 1. The zero-order chi connectivity index (χ0) is 15.7. The van der Waals surface area contributed by atoms with E-state index in [9.17, 15) is 4.79 Å². The van der Waals surface area contributed by atoms with Crippen LogP contribution in [0.15, 0.2) is 34.2 Å². The Balaban J connectivity index is 1.80. The van der Waals surface area contributed by atoms with Crippen LogP contribution in [0.25, 0.3) is 0 Å². The molecule has 5 heteroatoms. The lowest BCUT2D eigenvalue weighted by molar-refractivity contribution is 0.137. The van der Waals surface area contributed by atoms with Gasteiger partial charge in [0.2, 0.25) is 0 Å². The number of nitrogens with zero attached hydrogens (tertiary/aromatic N) is 1. The number of rotatable bonds is 4. The molecule has 2 heterocycles. The fraction of sp³-hybridized carbons (Fsp3) is 0.412. The van der Waals surface area contributed by atoms with E-state index in [4.69, 9.17) is 4.74 Å².